The SMILES string of the molecule is CC(C)c1nc2c(c3c1[C@H](c1ccc(C(F)(F)F)cc1)OC31CCCC1)CCC(C)(C)C2. The van der Waals surface area contributed by atoms with E-state index in [9.17, 15) is 13.2 Å². The summed E-state index contributed by atoms with van der Waals surface area (Å²) in [6.45, 7) is 8.94. The zero-order chi connectivity index (χ0) is 22.9. The molecule has 172 valence electrons. The van der Waals surface area contributed by atoms with E-state index in [2.05, 4.69) is 27.7 Å². The van der Waals surface area contributed by atoms with E-state index in [4.69, 9.17) is 9.72 Å². The summed E-state index contributed by atoms with van der Waals surface area (Å²) in [5.41, 5.74) is 6.20. The van der Waals surface area contributed by atoms with Crippen LogP contribution in [0, 0.1) is 5.41 Å². The van der Waals surface area contributed by atoms with E-state index in [1.807, 2.05) is 0 Å². The third-order valence-corrected chi connectivity index (χ3v) is 7.71. The summed E-state index contributed by atoms with van der Waals surface area (Å²) in [6.07, 6.45) is 2.61. The second-order valence-electron chi connectivity index (χ2n) is 11.0. The minimum Gasteiger partial charge on any atom is -0.358 e. The predicted octanol–water partition coefficient (Wildman–Crippen LogP) is 7.63. The van der Waals surface area contributed by atoms with Crippen LogP contribution in [0.5, 0.6) is 0 Å². The van der Waals surface area contributed by atoms with Gasteiger partial charge in [-0.15, -0.1) is 0 Å². The molecule has 1 saturated carbocycles. The van der Waals surface area contributed by atoms with Gasteiger partial charge in [0.1, 0.15) is 6.10 Å². The zero-order valence-electron chi connectivity index (χ0n) is 19.4. The number of rotatable bonds is 2. The summed E-state index contributed by atoms with van der Waals surface area (Å²) in [4.78, 5) is 5.21. The van der Waals surface area contributed by atoms with Crippen molar-refractivity contribution in [2.24, 2.45) is 5.41 Å². The predicted molar refractivity (Wildman–Crippen MR) is 119 cm³/mol. The van der Waals surface area contributed by atoms with Crippen LogP contribution in [0.3, 0.4) is 0 Å². The number of ether oxygens (including phenoxy) is 1. The van der Waals surface area contributed by atoms with Crippen molar-refractivity contribution in [3.05, 3.63) is 63.5 Å². The lowest BCUT2D eigenvalue weighted by atomic mass is 9.72. The van der Waals surface area contributed by atoms with Crippen LogP contribution in [0.25, 0.3) is 0 Å². The Bertz CT molecular complexity index is 1030. The summed E-state index contributed by atoms with van der Waals surface area (Å²) in [5.74, 6) is 0.219. The molecule has 2 aliphatic carbocycles. The zero-order valence-corrected chi connectivity index (χ0v) is 19.4. The van der Waals surface area contributed by atoms with Gasteiger partial charge in [0, 0.05) is 17.0 Å². The normalized spacial score (nSPS) is 23.6. The van der Waals surface area contributed by atoms with Crippen molar-refractivity contribution < 1.29 is 17.9 Å². The summed E-state index contributed by atoms with van der Waals surface area (Å²) < 4.78 is 46.3. The average Bonchev–Trinajstić information content (AvgIpc) is 3.32. The first kappa shape index (κ1) is 21.9. The van der Waals surface area contributed by atoms with Gasteiger partial charge in [-0.25, -0.2) is 0 Å². The second-order valence-corrected chi connectivity index (χ2v) is 11.0. The van der Waals surface area contributed by atoms with Crippen molar-refractivity contribution in [1.29, 1.82) is 0 Å². The molecule has 32 heavy (non-hydrogen) atoms. The highest BCUT2D eigenvalue weighted by Gasteiger charge is 2.51. The summed E-state index contributed by atoms with van der Waals surface area (Å²) >= 11 is 0. The Kier molecular flexibility index (Phi) is 5.01. The molecule has 1 fully saturated rings. The summed E-state index contributed by atoms with van der Waals surface area (Å²) in [5, 5.41) is 0. The van der Waals surface area contributed by atoms with Crippen molar-refractivity contribution in [2.75, 3.05) is 0 Å². The maximum atomic E-state index is 13.2. The molecule has 1 aromatic carbocycles. The monoisotopic (exact) mass is 443 g/mol. The molecule has 1 aliphatic heterocycles. The van der Waals surface area contributed by atoms with Crippen LogP contribution in [0.15, 0.2) is 24.3 Å². The van der Waals surface area contributed by atoms with E-state index in [-0.39, 0.29) is 23.0 Å². The second kappa shape index (κ2) is 7.31. The van der Waals surface area contributed by atoms with Gasteiger partial charge in [-0.05, 0) is 72.3 Å². The topological polar surface area (TPSA) is 22.1 Å². The molecule has 0 bridgehead atoms. The molecular formula is C27H32F3NO. The van der Waals surface area contributed by atoms with Gasteiger partial charge in [-0.1, -0.05) is 52.7 Å². The van der Waals surface area contributed by atoms with Crippen LogP contribution in [-0.4, -0.2) is 4.98 Å². The van der Waals surface area contributed by atoms with Gasteiger partial charge < -0.3 is 4.74 Å². The highest BCUT2D eigenvalue weighted by molar-refractivity contribution is 5.53. The van der Waals surface area contributed by atoms with Gasteiger partial charge in [0.05, 0.1) is 11.2 Å². The first-order valence-electron chi connectivity index (χ1n) is 11.9. The lowest BCUT2D eigenvalue weighted by Gasteiger charge is -2.35. The fourth-order valence-electron chi connectivity index (χ4n) is 6.09. The number of aromatic nitrogens is 1. The van der Waals surface area contributed by atoms with Crippen LogP contribution < -0.4 is 0 Å². The standard InChI is InChI=1S/C27H32F3NO/c1-16(2)23-21-22(19-11-14-25(3,4)15-20(19)31-23)26(12-5-6-13-26)32-24(21)17-7-9-18(10-8-17)27(28,29)30/h7-10,16,24H,5-6,11-15H2,1-4H3/t24-/m0/s1. The fraction of sp³-hybridized carbons (Fsp3) is 0.593. The smallest absolute Gasteiger partial charge is 0.358 e. The van der Waals surface area contributed by atoms with Crippen LogP contribution >= 0.6 is 0 Å². The number of alkyl halides is 3. The molecular weight excluding hydrogens is 411 g/mol. The largest absolute Gasteiger partial charge is 0.416 e. The van der Waals surface area contributed by atoms with Crippen LogP contribution in [-0.2, 0) is 29.4 Å². The van der Waals surface area contributed by atoms with Crippen molar-refractivity contribution in [3.8, 4) is 0 Å². The highest BCUT2D eigenvalue weighted by Crippen LogP contribution is 2.58. The molecule has 5 rings (SSSR count). The molecule has 0 radical (unpaired) electrons. The maximum absolute atomic E-state index is 13.2. The van der Waals surface area contributed by atoms with Crippen molar-refractivity contribution in [2.45, 2.75) is 96.4 Å². The van der Waals surface area contributed by atoms with Crippen molar-refractivity contribution in [3.63, 3.8) is 0 Å². The lowest BCUT2D eigenvalue weighted by molar-refractivity contribution is -0.137. The lowest BCUT2D eigenvalue weighted by Crippen LogP contribution is -2.29. The Hall–Kier alpha value is -1.88. The number of hydrogen-bond acceptors (Lipinski definition) is 2. The first-order valence-corrected chi connectivity index (χ1v) is 11.9. The van der Waals surface area contributed by atoms with E-state index in [1.54, 1.807) is 12.1 Å². The fourth-order valence-corrected chi connectivity index (χ4v) is 6.09. The molecule has 1 spiro atoms. The van der Waals surface area contributed by atoms with Crippen molar-refractivity contribution in [1.82, 2.24) is 4.98 Å². The summed E-state index contributed by atoms with van der Waals surface area (Å²) in [7, 11) is 0. The van der Waals surface area contributed by atoms with E-state index in [0.29, 0.717) is 0 Å². The molecule has 1 aromatic heterocycles. The number of pyridine rings is 1. The number of halogens is 3. The molecule has 5 heteroatoms. The Morgan fingerprint density at radius 1 is 1.03 bits per heavy atom. The third-order valence-electron chi connectivity index (χ3n) is 7.71. The number of hydrogen-bond donors (Lipinski definition) is 0. The number of benzene rings is 1. The molecule has 0 unspecified atom stereocenters. The van der Waals surface area contributed by atoms with Gasteiger partial charge >= 0.3 is 6.18 Å². The molecule has 2 aromatic rings. The van der Waals surface area contributed by atoms with Crippen LogP contribution in [0.4, 0.5) is 13.2 Å². The number of fused-ring (bicyclic) bond motifs is 4. The summed E-state index contributed by atoms with van der Waals surface area (Å²) in [6, 6.07) is 5.55. The van der Waals surface area contributed by atoms with Gasteiger partial charge in [-0.2, -0.15) is 13.2 Å². The Balaban J connectivity index is 1.70. The van der Waals surface area contributed by atoms with Crippen molar-refractivity contribution >= 4 is 0 Å². The van der Waals surface area contributed by atoms with Gasteiger partial charge in [0.2, 0.25) is 0 Å². The quantitative estimate of drug-likeness (QED) is 0.476. The highest BCUT2D eigenvalue weighted by atomic mass is 19.4. The van der Waals surface area contributed by atoms with E-state index in [0.717, 1.165) is 61.8 Å². The van der Waals surface area contributed by atoms with E-state index >= 15 is 0 Å². The minimum absolute atomic E-state index is 0.219. The average molecular weight is 444 g/mol. The molecule has 0 saturated heterocycles. The first-order chi connectivity index (χ1) is 15.0. The molecule has 0 amide bonds. The Labute approximate surface area is 188 Å². The molecule has 3 aliphatic rings. The Morgan fingerprint density at radius 3 is 2.28 bits per heavy atom. The molecule has 0 N–H and O–H groups in total. The maximum Gasteiger partial charge on any atom is 0.416 e. The van der Waals surface area contributed by atoms with Crippen LogP contribution in [0.2, 0.25) is 0 Å². The minimum atomic E-state index is -4.34. The third kappa shape index (κ3) is 3.48. The molecule has 2 nitrogen and oxygen atoms in total. The van der Waals surface area contributed by atoms with Gasteiger partial charge in [0.15, 0.2) is 0 Å². The molecule has 1 atom stereocenters. The Morgan fingerprint density at radius 2 is 1.69 bits per heavy atom. The van der Waals surface area contributed by atoms with E-state index < -0.39 is 11.7 Å². The van der Waals surface area contributed by atoms with Gasteiger partial charge in [-0.3, -0.25) is 4.98 Å². The van der Waals surface area contributed by atoms with E-state index in [1.165, 1.54) is 29.0 Å². The molecule has 2 heterocycles. The van der Waals surface area contributed by atoms with Gasteiger partial charge in [0.25, 0.3) is 0 Å². The van der Waals surface area contributed by atoms with Crippen LogP contribution in [0.1, 0.15) is 111 Å². The number of nitrogens with zero attached hydrogens (tertiary/aromatic N) is 1.